The van der Waals surface area contributed by atoms with Gasteiger partial charge >= 0.3 is 0 Å². The zero-order valence-corrected chi connectivity index (χ0v) is 17.4. The summed E-state index contributed by atoms with van der Waals surface area (Å²) in [6.07, 6.45) is 5.27. The lowest BCUT2D eigenvalue weighted by Gasteiger charge is -2.12. The molecular formula is C24H24N4O3. The van der Waals surface area contributed by atoms with E-state index >= 15 is 0 Å². The number of imide groups is 1. The van der Waals surface area contributed by atoms with Crippen LogP contribution in [0.15, 0.2) is 60.9 Å². The highest BCUT2D eigenvalue weighted by molar-refractivity contribution is 6.22. The second kappa shape index (κ2) is 8.95. The van der Waals surface area contributed by atoms with Crippen molar-refractivity contribution in [2.45, 2.75) is 32.9 Å². The number of carbonyl (C=O) groups is 3. The lowest BCUT2D eigenvalue weighted by Crippen LogP contribution is -2.30. The predicted octanol–water partition coefficient (Wildman–Crippen LogP) is 3.26. The molecule has 0 unspecified atom stereocenters. The third kappa shape index (κ3) is 4.26. The zero-order valence-electron chi connectivity index (χ0n) is 17.4. The molecule has 3 amide bonds. The Morgan fingerprint density at radius 3 is 2.52 bits per heavy atom. The van der Waals surface area contributed by atoms with E-state index in [9.17, 15) is 14.4 Å². The van der Waals surface area contributed by atoms with Crippen molar-refractivity contribution in [1.29, 1.82) is 0 Å². The van der Waals surface area contributed by atoms with Crippen LogP contribution in [0.4, 0.5) is 0 Å². The van der Waals surface area contributed by atoms with Gasteiger partial charge < -0.3 is 5.32 Å². The van der Waals surface area contributed by atoms with Gasteiger partial charge in [0.1, 0.15) is 0 Å². The number of amides is 3. The summed E-state index contributed by atoms with van der Waals surface area (Å²) in [7, 11) is 0. The molecule has 158 valence electrons. The normalized spacial score (nSPS) is 12.9. The molecule has 1 aliphatic rings. The Bertz CT molecular complexity index is 1120. The Morgan fingerprint density at radius 2 is 1.77 bits per heavy atom. The van der Waals surface area contributed by atoms with Crippen LogP contribution in [0.3, 0.4) is 0 Å². The maximum Gasteiger partial charge on any atom is 0.261 e. The fourth-order valence-electron chi connectivity index (χ4n) is 3.68. The van der Waals surface area contributed by atoms with E-state index in [1.807, 2.05) is 48.1 Å². The summed E-state index contributed by atoms with van der Waals surface area (Å²) in [5.41, 5.74) is 3.08. The molecule has 2 aromatic carbocycles. The molecule has 1 aromatic heterocycles. The van der Waals surface area contributed by atoms with Gasteiger partial charge in [-0.25, -0.2) is 0 Å². The molecule has 31 heavy (non-hydrogen) atoms. The quantitative estimate of drug-likeness (QED) is 0.571. The van der Waals surface area contributed by atoms with Crippen molar-refractivity contribution < 1.29 is 14.4 Å². The van der Waals surface area contributed by atoms with E-state index in [1.165, 1.54) is 11.0 Å². The predicted molar refractivity (Wildman–Crippen MR) is 116 cm³/mol. The van der Waals surface area contributed by atoms with Crippen LogP contribution < -0.4 is 5.32 Å². The number of unbranched alkanes of at least 4 members (excludes halogenated alkanes) is 1. The van der Waals surface area contributed by atoms with Crippen molar-refractivity contribution in [2.75, 3.05) is 6.54 Å². The molecule has 0 spiro atoms. The van der Waals surface area contributed by atoms with Crippen LogP contribution in [-0.4, -0.2) is 38.9 Å². The SMILES string of the molecule is CCCCN1C(=O)c2ccc(C(=O)NCc3ccccc3Cn3cccn3)cc2C1=O. The molecule has 2 heterocycles. The van der Waals surface area contributed by atoms with Crippen molar-refractivity contribution in [3.8, 4) is 0 Å². The van der Waals surface area contributed by atoms with E-state index in [0.717, 1.165) is 24.0 Å². The number of nitrogens with zero attached hydrogens (tertiary/aromatic N) is 3. The number of carbonyl (C=O) groups excluding carboxylic acids is 3. The Balaban J connectivity index is 1.46. The smallest absolute Gasteiger partial charge is 0.261 e. The number of fused-ring (bicyclic) bond motifs is 1. The Kier molecular flexibility index (Phi) is 5.93. The van der Waals surface area contributed by atoms with Gasteiger partial charge in [0.15, 0.2) is 0 Å². The van der Waals surface area contributed by atoms with Crippen LogP contribution in [0, 0.1) is 0 Å². The van der Waals surface area contributed by atoms with Crippen molar-refractivity contribution in [1.82, 2.24) is 20.0 Å². The standard InChI is InChI=1S/C24H24N4O3/c1-2-3-13-28-23(30)20-10-9-17(14-21(20)24(28)31)22(29)25-15-18-7-4-5-8-19(18)16-27-12-6-11-26-27/h4-12,14H,2-3,13,15-16H2,1H3,(H,25,29). The molecule has 0 saturated heterocycles. The number of nitrogens with one attached hydrogen (secondary N) is 1. The average molecular weight is 416 g/mol. The first-order valence-electron chi connectivity index (χ1n) is 10.4. The van der Waals surface area contributed by atoms with Crippen LogP contribution in [0.2, 0.25) is 0 Å². The maximum atomic E-state index is 12.7. The minimum absolute atomic E-state index is 0.284. The summed E-state index contributed by atoms with van der Waals surface area (Å²) in [5, 5.41) is 7.15. The monoisotopic (exact) mass is 416 g/mol. The maximum absolute atomic E-state index is 12.7. The number of rotatable bonds is 8. The van der Waals surface area contributed by atoms with Crippen LogP contribution in [0.5, 0.6) is 0 Å². The van der Waals surface area contributed by atoms with Gasteiger partial charge in [-0.2, -0.15) is 5.10 Å². The number of hydrogen-bond donors (Lipinski definition) is 1. The molecule has 0 fully saturated rings. The zero-order chi connectivity index (χ0) is 21.8. The van der Waals surface area contributed by atoms with E-state index in [1.54, 1.807) is 18.3 Å². The molecular weight excluding hydrogens is 392 g/mol. The second-order valence-electron chi connectivity index (χ2n) is 7.53. The van der Waals surface area contributed by atoms with E-state index in [0.29, 0.717) is 36.3 Å². The van der Waals surface area contributed by atoms with Gasteiger partial charge in [-0.05, 0) is 41.8 Å². The van der Waals surface area contributed by atoms with Crippen LogP contribution in [-0.2, 0) is 13.1 Å². The summed E-state index contributed by atoms with van der Waals surface area (Å²) in [4.78, 5) is 39.1. The van der Waals surface area contributed by atoms with Crippen LogP contribution >= 0.6 is 0 Å². The highest BCUT2D eigenvalue weighted by atomic mass is 16.2. The summed E-state index contributed by atoms with van der Waals surface area (Å²) in [6.45, 7) is 3.37. The Labute approximate surface area is 180 Å². The second-order valence-corrected chi connectivity index (χ2v) is 7.53. The van der Waals surface area contributed by atoms with Gasteiger partial charge in [-0.15, -0.1) is 0 Å². The summed E-state index contributed by atoms with van der Waals surface area (Å²) in [5.74, 6) is -0.899. The fraction of sp³-hybridized carbons (Fsp3) is 0.250. The molecule has 0 saturated carbocycles. The first-order valence-corrected chi connectivity index (χ1v) is 10.4. The largest absolute Gasteiger partial charge is 0.348 e. The van der Waals surface area contributed by atoms with Gasteiger partial charge in [-0.1, -0.05) is 37.6 Å². The first kappa shape index (κ1) is 20.5. The van der Waals surface area contributed by atoms with Gasteiger partial charge in [0.2, 0.25) is 0 Å². The van der Waals surface area contributed by atoms with Gasteiger partial charge in [0, 0.05) is 31.0 Å². The van der Waals surface area contributed by atoms with E-state index < -0.39 is 0 Å². The highest BCUT2D eigenvalue weighted by Gasteiger charge is 2.35. The van der Waals surface area contributed by atoms with Crippen molar-refractivity contribution in [3.63, 3.8) is 0 Å². The Hall–Kier alpha value is -3.74. The summed E-state index contributed by atoms with van der Waals surface area (Å²) < 4.78 is 1.83. The van der Waals surface area contributed by atoms with Gasteiger partial charge in [0.25, 0.3) is 17.7 Å². The molecule has 0 bridgehead atoms. The molecule has 1 aliphatic heterocycles. The summed E-state index contributed by atoms with van der Waals surface area (Å²) >= 11 is 0. The average Bonchev–Trinajstić information content (AvgIpc) is 3.38. The van der Waals surface area contributed by atoms with Crippen LogP contribution in [0.1, 0.15) is 62.0 Å². The highest BCUT2D eigenvalue weighted by Crippen LogP contribution is 2.24. The van der Waals surface area contributed by atoms with E-state index in [4.69, 9.17) is 0 Å². The number of benzene rings is 2. The van der Waals surface area contributed by atoms with Crippen molar-refractivity contribution >= 4 is 17.7 Å². The first-order chi connectivity index (χ1) is 15.1. The minimum Gasteiger partial charge on any atom is -0.348 e. The van der Waals surface area contributed by atoms with Gasteiger partial charge in [0.05, 0.1) is 17.7 Å². The number of aromatic nitrogens is 2. The van der Waals surface area contributed by atoms with E-state index in [-0.39, 0.29) is 17.7 Å². The van der Waals surface area contributed by atoms with Gasteiger partial charge in [-0.3, -0.25) is 24.0 Å². The molecule has 4 rings (SSSR count). The van der Waals surface area contributed by atoms with Crippen molar-refractivity contribution in [2.24, 2.45) is 0 Å². The number of hydrogen-bond acceptors (Lipinski definition) is 4. The Morgan fingerprint density at radius 1 is 1.00 bits per heavy atom. The molecule has 7 heteroatoms. The lowest BCUT2D eigenvalue weighted by molar-refractivity contribution is 0.0652. The molecule has 3 aromatic rings. The topological polar surface area (TPSA) is 84.3 Å². The third-order valence-electron chi connectivity index (χ3n) is 5.42. The molecule has 0 atom stereocenters. The van der Waals surface area contributed by atoms with Crippen LogP contribution in [0.25, 0.3) is 0 Å². The lowest BCUT2D eigenvalue weighted by atomic mass is 10.0. The molecule has 0 radical (unpaired) electrons. The molecule has 1 N–H and O–H groups in total. The fourth-order valence-corrected chi connectivity index (χ4v) is 3.68. The minimum atomic E-state index is -0.326. The van der Waals surface area contributed by atoms with Crippen molar-refractivity contribution in [3.05, 3.63) is 88.7 Å². The third-order valence-corrected chi connectivity index (χ3v) is 5.42. The van der Waals surface area contributed by atoms with E-state index in [2.05, 4.69) is 10.4 Å². The molecule has 7 nitrogen and oxygen atoms in total. The molecule has 0 aliphatic carbocycles. The summed E-state index contributed by atoms with van der Waals surface area (Å²) in [6, 6.07) is 14.4.